The molecule has 1 aromatic carbocycles. The Balaban J connectivity index is 2.36. The molecule has 0 amide bonds. The van der Waals surface area contributed by atoms with Crippen LogP contribution in [0.1, 0.15) is 22.1 Å². The van der Waals surface area contributed by atoms with Crippen LogP contribution >= 0.6 is 39.1 Å². The normalized spacial score (nSPS) is 13.2. The Hall–Kier alpha value is -0.780. The summed E-state index contributed by atoms with van der Waals surface area (Å²) in [5.41, 5.74) is -0.0648. The van der Waals surface area contributed by atoms with Crippen molar-refractivity contribution >= 4 is 39.1 Å². The van der Waals surface area contributed by atoms with E-state index in [4.69, 9.17) is 23.2 Å². The topological polar surface area (TPSA) is 12.9 Å². The first-order valence-corrected chi connectivity index (χ1v) is 7.49. The first-order chi connectivity index (χ1) is 9.79. The lowest BCUT2D eigenvalue weighted by atomic mass is 9.99. The highest BCUT2D eigenvalue weighted by Crippen LogP contribution is 2.39. The van der Waals surface area contributed by atoms with Gasteiger partial charge in [0.15, 0.2) is 0 Å². The fourth-order valence-corrected chi connectivity index (χ4v) is 2.83. The van der Waals surface area contributed by atoms with Gasteiger partial charge in [-0.2, -0.15) is 13.2 Å². The van der Waals surface area contributed by atoms with Crippen molar-refractivity contribution in [1.29, 1.82) is 0 Å². The molecule has 21 heavy (non-hydrogen) atoms. The average Bonchev–Trinajstić information content (AvgIpc) is 2.40. The highest BCUT2D eigenvalue weighted by Gasteiger charge is 2.35. The third-order valence-electron chi connectivity index (χ3n) is 2.91. The largest absolute Gasteiger partial charge is 0.416 e. The summed E-state index contributed by atoms with van der Waals surface area (Å²) >= 11 is 15.2. The lowest BCUT2D eigenvalue weighted by Gasteiger charge is -2.18. The van der Waals surface area contributed by atoms with Crippen LogP contribution in [0.2, 0.25) is 5.02 Å². The summed E-state index contributed by atoms with van der Waals surface area (Å²) < 4.78 is 39.6. The number of hydrogen-bond donors (Lipinski definition) is 0. The molecule has 0 aliphatic heterocycles. The van der Waals surface area contributed by atoms with Crippen molar-refractivity contribution < 1.29 is 13.2 Å². The second-order valence-electron chi connectivity index (χ2n) is 4.37. The Kier molecular flexibility index (Phi) is 5.17. The van der Waals surface area contributed by atoms with Crippen LogP contribution in [0.15, 0.2) is 41.1 Å². The summed E-state index contributed by atoms with van der Waals surface area (Å²) in [5.74, 6) is 0. The van der Waals surface area contributed by atoms with E-state index in [0.717, 1.165) is 6.07 Å². The zero-order valence-corrected chi connectivity index (χ0v) is 13.6. The monoisotopic (exact) mass is 397 g/mol. The van der Waals surface area contributed by atoms with Gasteiger partial charge in [0.1, 0.15) is 0 Å². The van der Waals surface area contributed by atoms with Crippen molar-refractivity contribution in [2.45, 2.75) is 18.0 Å². The number of rotatable bonds is 3. The SMILES string of the molecule is FC(F)(F)c1cc(Br)ccc1C(Cl)Cc1ccncc1Cl. The Labute approximate surface area is 138 Å². The summed E-state index contributed by atoms with van der Waals surface area (Å²) in [4.78, 5) is 3.83. The van der Waals surface area contributed by atoms with Crippen molar-refractivity contribution in [2.24, 2.45) is 0 Å². The average molecular weight is 399 g/mol. The van der Waals surface area contributed by atoms with Gasteiger partial charge in [0, 0.05) is 16.9 Å². The minimum atomic E-state index is -4.46. The van der Waals surface area contributed by atoms with Crippen LogP contribution in [-0.2, 0) is 12.6 Å². The van der Waals surface area contributed by atoms with Crippen LogP contribution in [0.25, 0.3) is 0 Å². The fraction of sp³-hybridized carbons (Fsp3) is 0.214. The summed E-state index contributed by atoms with van der Waals surface area (Å²) in [7, 11) is 0. The van der Waals surface area contributed by atoms with E-state index >= 15 is 0 Å². The minimum Gasteiger partial charge on any atom is -0.263 e. The number of benzene rings is 1. The molecule has 1 unspecified atom stereocenters. The van der Waals surface area contributed by atoms with Gasteiger partial charge in [-0.25, -0.2) is 0 Å². The quantitative estimate of drug-likeness (QED) is 0.574. The predicted octanol–water partition coefficient (Wildman–Crippen LogP) is 6.04. The molecule has 112 valence electrons. The molecule has 7 heteroatoms. The van der Waals surface area contributed by atoms with Gasteiger partial charge in [-0.3, -0.25) is 4.98 Å². The van der Waals surface area contributed by atoms with Gasteiger partial charge >= 0.3 is 6.18 Å². The summed E-state index contributed by atoms with van der Waals surface area (Å²) in [6.07, 6.45) is -1.31. The number of nitrogens with zero attached hydrogens (tertiary/aromatic N) is 1. The second-order valence-corrected chi connectivity index (χ2v) is 6.22. The number of alkyl halides is 4. The van der Waals surface area contributed by atoms with Gasteiger partial charge in [-0.1, -0.05) is 33.6 Å². The first-order valence-electron chi connectivity index (χ1n) is 5.88. The van der Waals surface area contributed by atoms with Gasteiger partial charge in [-0.15, -0.1) is 11.6 Å². The van der Waals surface area contributed by atoms with Gasteiger partial charge < -0.3 is 0 Å². The van der Waals surface area contributed by atoms with Crippen molar-refractivity contribution in [2.75, 3.05) is 0 Å². The molecule has 0 bridgehead atoms. The minimum absolute atomic E-state index is 0.0280. The van der Waals surface area contributed by atoms with E-state index in [-0.39, 0.29) is 12.0 Å². The Morgan fingerprint density at radius 2 is 1.95 bits per heavy atom. The Morgan fingerprint density at radius 1 is 1.24 bits per heavy atom. The van der Waals surface area contributed by atoms with E-state index in [2.05, 4.69) is 20.9 Å². The lowest BCUT2D eigenvalue weighted by Crippen LogP contribution is -2.11. The van der Waals surface area contributed by atoms with Crippen molar-refractivity contribution in [3.8, 4) is 0 Å². The van der Waals surface area contributed by atoms with E-state index in [0.29, 0.717) is 15.1 Å². The van der Waals surface area contributed by atoms with Crippen LogP contribution in [-0.4, -0.2) is 4.98 Å². The third-order valence-corrected chi connectivity index (χ3v) is 4.14. The molecule has 0 aliphatic carbocycles. The number of aromatic nitrogens is 1. The highest BCUT2D eigenvalue weighted by atomic mass is 79.9. The number of hydrogen-bond acceptors (Lipinski definition) is 1. The van der Waals surface area contributed by atoms with Crippen LogP contribution in [0.4, 0.5) is 13.2 Å². The lowest BCUT2D eigenvalue weighted by molar-refractivity contribution is -0.138. The van der Waals surface area contributed by atoms with Crippen LogP contribution in [0.5, 0.6) is 0 Å². The Morgan fingerprint density at radius 3 is 2.57 bits per heavy atom. The molecule has 2 rings (SSSR count). The third kappa shape index (κ3) is 4.11. The maximum absolute atomic E-state index is 13.1. The molecule has 0 saturated carbocycles. The van der Waals surface area contributed by atoms with Gasteiger partial charge in [0.05, 0.1) is 16.0 Å². The molecule has 1 atom stereocenters. The number of halogens is 6. The summed E-state index contributed by atoms with van der Waals surface area (Å²) in [5, 5.41) is -0.455. The van der Waals surface area contributed by atoms with Crippen LogP contribution < -0.4 is 0 Å². The van der Waals surface area contributed by atoms with E-state index in [1.807, 2.05) is 0 Å². The number of pyridine rings is 1. The van der Waals surface area contributed by atoms with Crippen LogP contribution in [0.3, 0.4) is 0 Å². The molecule has 0 N–H and O–H groups in total. The smallest absolute Gasteiger partial charge is 0.263 e. The van der Waals surface area contributed by atoms with Crippen molar-refractivity contribution in [3.63, 3.8) is 0 Å². The fourth-order valence-electron chi connectivity index (χ4n) is 1.92. The van der Waals surface area contributed by atoms with Gasteiger partial charge in [0.2, 0.25) is 0 Å². The maximum Gasteiger partial charge on any atom is 0.416 e. The maximum atomic E-state index is 13.1. The molecule has 0 aliphatic rings. The molecule has 0 saturated heterocycles. The zero-order chi connectivity index (χ0) is 15.6. The molecule has 0 radical (unpaired) electrons. The molecule has 1 heterocycles. The Bertz CT molecular complexity index is 646. The molecule has 0 fully saturated rings. The zero-order valence-electron chi connectivity index (χ0n) is 10.5. The van der Waals surface area contributed by atoms with Crippen molar-refractivity contribution in [1.82, 2.24) is 4.98 Å². The van der Waals surface area contributed by atoms with E-state index in [1.54, 1.807) is 6.07 Å². The molecule has 1 aromatic heterocycles. The predicted molar refractivity (Wildman–Crippen MR) is 80.7 cm³/mol. The first kappa shape index (κ1) is 16.6. The highest BCUT2D eigenvalue weighted by molar-refractivity contribution is 9.10. The molecular weight excluding hydrogens is 390 g/mol. The van der Waals surface area contributed by atoms with Gasteiger partial charge in [-0.05, 0) is 35.7 Å². The summed E-state index contributed by atoms with van der Waals surface area (Å²) in [6, 6.07) is 5.58. The van der Waals surface area contributed by atoms with E-state index in [1.165, 1.54) is 24.5 Å². The molecule has 0 spiro atoms. The molecule has 1 nitrogen and oxygen atoms in total. The molecule has 2 aromatic rings. The van der Waals surface area contributed by atoms with E-state index < -0.39 is 17.1 Å². The van der Waals surface area contributed by atoms with Gasteiger partial charge in [0.25, 0.3) is 0 Å². The second kappa shape index (κ2) is 6.55. The molecular formula is C14H9BrCl2F3N. The summed E-state index contributed by atoms with van der Waals surface area (Å²) in [6.45, 7) is 0. The van der Waals surface area contributed by atoms with Crippen molar-refractivity contribution in [3.05, 3.63) is 62.8 Å². The van der Waals surface area contributed by atoms with E-state index in [9.17, 15) is 13.2 Å². The van der Waals surface area contributed by atoms with Crippen LogP contribution in [0, 0.1) is 0 Å². The standard InChI is InChI=1S/C14H9BrCl2F3N/c15-9-1-2-10(11(6-9)14(18,19)20)12(16)5-8-3-4-21-7-13(8)17/h1-4,6-7,12H,5H2.